The van der Waals surface area contributed by atoms with Crippen LogP contribution in [0.2, 0.25) is 0 Å². The summed E-state index contributed by atoms with van der Waals surface area (Å²) in [6.45, 7) is 7.88. The highest BCUT2D eigenvalue weighted by molar-refractivity contribution is 7.99. The number of pyridine rings is 1. The molecule has 2 aliphatic rings. The third-order valence-corrected chi connectivity index (χ3v) is 5.92. The smallest absolute Gasteiger partial charge is 0.257 e. The van der Waals surface area contributed by atoms with Crippen LogP contribution in [0, 0.1) is 5.41 Å². The second kappa shape index (κ2) is 7.05. The van der Waals surface area contributed by atoms with Crippen molar-refractivity contribution in [3.05, 3.63) is 69.9 Å². The van der Waals surface area contributed by atoms with Crippen molar-refractivity contribution in [3.63, 3.8) is 0 Å². The molecule has 0 aromatic carbocycles. The quantitative estimate of drug-likeness (QED) is 0.468. The maximum Gasteiger partial charge on any atom is 0.257 e. The molecule has 3 heterocycles. The zero-order valence-electron chi connectivity index (χ0n) is 15.9. The average molecular weight is 395 g/mol. The Morgan fingerprint density at radius 2 is 2.18 bits per heavy atom. The van der Waals surface area contributed by atoms with E-state index in [1.165, 1.54) is 11.8 Å². The first-order valence-corrected chi connectivity index (χ1v) is 10.2. The summed E-state index contributed by atoms with van der Waals surface area (Å²) < 4.78 is 0. The van der Waals surface area contributed by atoms with Crippen molar-refractivity contribution in [1.82, 2.24) is 15.0 Å². The lowest BCUT2D eigenvalue weighted by Crippen LogP contribution is -2.37. The number of hydrogen-bond donors (Lipinski definition) is 2. The van der Waals surface area contributed by atoms with Crippen LogP contribution in [0.1, 0.15) is 43.7 Å². The van der Waals surface area contributed by atoms with Crippen LogP contribution < -0.4 is 10.9 Å². The maximum atomic E-state index is 13.1. The van der Waals surface area contributed by atoms with Gasteiger partial charge in [0, 0.05) is 41.8 Å². The van der Waals surface area contributed by atoms with Gasteiger partial charge >= 0.3 is 0 Å². The Morgan fingerprint density at radius 3 is 2.89 bits per heavy atom. The number of allylic oxidation sites excluding steroid dienone is 2. The molecule has 0 saturated carbocycles. The van der Waals surface area contributed by atoms with Crippen LogP contribution in [0.4, 0.5) is 5.82 Å². The lowest BCUT2D eigenvalue weighted by atomic mass is 9.69. The lowest BCUT2D eigenvalue weighted by molar-refractivity contribution is -0.118. The number of rotatable bonds is 4. The Kier molecular flexibility index (Phi) is 4.71. The van der Waals surface area contributed by atoms with E-state index in [2.05, 4.69) is 40.7 Å². The molecule has 4 rings (SSSR count). The fourth-order valence-corrected chi connectivity index (χ4v) is 4.58. The van der Waals surface area contributed by atoms with Gasteiger partial charge in [-0.15, -0.1) is 6.58 Å². The summed E-state index contributed by atoms with van der Waals surface area (Å²) in [6, 6.07) is 3.73. The molecule has 0 radical (unpaired) electrons. The number of H-pyrrole nitrogens is 1. The first-order chi connectivity index (χ1) is 13.4. The summed E-state index contributed by atoms with van der Waals surface area (Å²) in [4.78, 5) is 37.8. The van der Waals surface area contributed by atoms with Crippen molar-refractivity contribution < 1.29 is 4.79 Å². The van der Waals surface area contributed by atoms with Crippen molar-refractivity contribution >= 4 is 23.4 Å². The number of nitrogens with one attached hydrogen (secondary N) is 2. The predicted molar refractivity (Wildman–Crippen MR) is 111 cm³/mol. The highest BCUT2D eigenvalue weighted by atomic mass is 32.2. The van der Waals surface area contributed by atoms with E-state index in [1.807, 2.05) is 12.1 Å². The Bertz CT molecular complexity index is 1040. The Balaban J connectivity index is 1.92. The molecular weight excluding hydrogens is 372 g/mol. The van der Waals surface area contributed by atoms with Gasteiger partial charge in [-0.2, -0.15) is 0 Å². The molecule has 2 aromatic rings. The molecule has 0 unspecified atom stereocenters. The van der Waals surface area contributed by atoms with Crippen molar-refractivity contribution in [2.24, 2.45) is 5.41 Å². The zero-order chi connectivity index (χ0) is 19.9. The molecule has 1 aliphatic heterocycles. The Hall–Kier alpha value is -2.67. The molecule has 1 aliphatic carbocycles. The van der Waals surface area contributed by atoms with Crippen molar-refractivity contribution in [2.45, 2.75) is 37.8 Å². The van der Waals surface area contributed by atoms with Crippen LogP contribution >= 0.6 is 11.8 Å². The monoisotopic (exact) mass is 394 g/mol. The molecular formula is C21H22N4O2S. The van der Waals surface area contributed by atoms with Crippen LogP contribution in [0.3, 0.4) is 0 Å². The second-order valence-corrected chi connectivity index (χ2v) is 8.92. The molecule has 0 fully saturated rings. The summed E-state index contributed by atoms with van der Waals surface area (Å²) in [5.74, 6) is 0.780. The van der Waals surface area contributed by atoms with Crippen molar-refractivity contribution in [3.8, 4) is 0 Å². The Labute approximate surface area is 167 Å². The van der Waals surface area contributed by atoms with Gasteiger partial charge in [-0.25, -0.2) is 4.98 Å². The van der Waals surface area contributed by atoms with Crippen molar-refractivity contribution in [2.75, 3.05) is 11.1 Å². The van der Waals surface area contributed by atoms with Crippen molar-refractivity contribution in [1.29, 1.82) is 0 Å². The average Bonchev–Trinajstić information content (AvgIpc) is 2.64. The number of nitrogens with zero attached hydrogens (tertiary/aromatic N) is 2. The molecule has 28 heavy (non-hydrogen) atoms. The minimum absolute atomic E-state index is 0.0720. The zero-order valence-corrected chi connectivity index (χ0v) is 16.7. The normalized spacial score (nSPS) is 20.2. The van der Waals surface area contributed by atoms with E-state index in [-0.39, 0.29) is 16.8 Å². The van der Waals surface area contributed by atoms with Gasteiger partial charge in [0.1, 0.15) is 5.82 Å². The molecule has 1 atom stereocenters. The minimum Gasteiger partial charge on any atom is -0.343 e. The van der Waals surface area contributed by atoms with Crippen LogP contribution in [0.15, 0.2) is 58.4 Å². The number of ketones is 1. The number of thioether (sulfide) groups is 1. The number of carbonyl (C=O) groups is 1. The van der Waals surface area contributed by atoms with Gasteiger partial charge in [0.15, 0.2) is 10.9 Å². The SMILES string of the molecule is C=CCSc1nc2c(c(=O)[nH]1)[C@@H](c1cccnc1)C1=C(CC(C)(C)CC1=O)N2. The number of aromatic amines is 1. The minimum atomic E-state index is -0.460. The van der Waals surface area contributed by atoms with Gasteiger partial charge in [0.2, 0.25) is 0 Å². The molecule has 7 heteroatoms. The van der Waals surface area contributed by atoms with Gasteiger partial charge in [-0.3, -0.25) is 14.6 Å². The standard InChI is InChI=1S/C21H22N4O2S/c1-4-8-28-20-24-18-17(19(27)25-20)15(12-6-5-7-22-11-12)16-13(23-18)9-21(2,3)10-14(16)26/h4-7,11,15H,1,8-10H2,2-3H3,(H2,23,24,25,27)/t15-/m0/s1. The molecule has 2 N–H and O–H groups in total. The van der Waals surface area contributed by atoms with E-state index >= 15 is 0 Å². The fraction of sp³-hybridized carbons (Fsp3) is 0.333. The number of carbonyl (C=O) groups excluding carboxylic acids is 1. The highest BCUT2D eigenvalue weighted by Crippen LogP contribution is 2.47. The number of anilines is 1. The van der Waals surface area contributed by atoms with Crippen LogP contribution in [-0.2, 0) is 4.79 Å². The summed E-state index contributed by atoms with van der Waals surface area (Å²) in [5, 5.41) is 3.84. The first kappa shape index (κ1) is 18.7. The van der Waals surface area contributed by atoms with Gasteiger partial charge < -0.3 is 10.3 Å². The van der Waals surface area contributed by atoms with Gasteiger partial charge in [-0.1, -0.05) is 37.8 Å². The lowest BCUT2D eigenvalue weighted by Gasteiger charge is -2.38. The van der Waals surface area contributed by atoms with Gasteiger partial charge in [0.25, 0.3) is 5.56 Å². The fourth-order valence-electron chi connectivity index (χ4n) is 3.98. The van der Waals surface area contributed by atoms with Crippen LogP contribution in [0.25, 0.3) is 0 Å². The summed E-state index contributed by atoms with van der Waals surface area (Å²) >= 11 is 1.41. The van der Waals surface area contributed by atoms with E-state index < -0.39 is 5.92 Å². The molecule has 0 amide bonds. The third kappa shape index (κ3) is 3.30. The van der Waals surface area contributed by atoms with E-state index in [0.29, 0.717) is 34.3 Å². The van der Waals surface area contributed by atoms with E-state index in [1.54, 1.807) is 18.5 Å². The molecule has 0 saturated heterocycles. The summed E-state index contributed by atoms with van der Waals surface area (Å²) in [6.07, 6.45) is 6.35. The summed E-state index contributed by atoms with van der Waals surface area (Å²) in [7, 11) is 0. The molecule has 2 aromatic heterocycles. The second-order valence-electron chi connectivity index (χ2n) is 7.91. The molecule has 144 valence electrons. The van der Waals surface area contributed by atoms with Gasteiger partial charge in [-0.05, 0) is 23.5 Å². The largest absolute Gasteiger partial charge is 0.343 e. The highest BCUT2D eigenvalue weighted by Gasteiger charge is 2.42. The number of hydrogen-bond acceptors (Lipinski definition) is 6. The van der Waals surface area contributed by atoms with Crippen LogP contribution in [-0.4, -0.2) is 26.5 Å². The van der Waals surface area contributed by atoms with Gasteiger partial charge in [0.05, 0.1) is 5.56 Å². The Morgan fingerprint density at radius 1 is 1.36 bits per heavy atom. The number of fused-ring (bicyclic) bond motifs is 1. The number of Topliss-reactive ketones (excluding diaryl/α,β-unsaturated/α-hetero) is 1. The topological polar surface area (TPSA) is 87.7 Å². The predicted octanol–water partition coefficient (Wildman–Crippen LogP) is 3.64. The third-order valence-electron chi connectivity index (χ3n) is 5.06. The van der Waals surface area contributed by atoms with E-state index in [4.69, 9.17) is 0 Å². The molecule has 0 spiro atoms. The van der Waals surface area contributed by atoms with E-state index in [0.717, 1.165) is 17.7 Å². The maximum absolute atomic E-state index is 13.1. The van der Waals surface area contributed by atoms with Crippen LogP contribution in [0.5, 0.6) is 0 Å². The first-order valence-electron chi connectivity index (χ1n) is 9.21. The summed E-state index contributed by atoms with van der Waals surface area (Å²) in [5.41, 5.74) is 2.45. The molecule has 6 nitrogen and oxygen atoms in total. The van der Waals surface area contributed by atoms with E-state index in [9.17, 15) is 9.59 Å². The number of aromatic nitrogens is 3. The molecule has 0 bridgehead atoms.